The predicted molar refractivity (Wildman–Crippen MR) is 191 cm³/mol. The summed E-state index contributed by atoms with van der Waals surface area (Å²) in [4.78, 5) is 30.0. The number of nitrogens with zero attached hydrogens (tertiary/aromatic N) is 2. The third-order valence-electron chi connectivity index (χ3n) is 8.40. The lowest BCUT2D eigenvalue weighted by Gasteiger charge is -2.35. The van der Waals surface area contributed by atoms with E-state index in [0.717, 1.165) is 48.2 Å². The van der Waals surface area contributed by atoms with Crippen molar-refractivity contribution in [3.8, 4) is 11.5 Å². The second kappa shape index (κ2) is 16.4. The van der Waals surface area contributed by atoms with E-state index in [0.29, 0.717) is 27.1 Å². The molecule has 11 heteroatoms. The Bertz CT molecular complexity index is 1760. The smallest absolute Gasteiger partial charge is 0.244 e. The van der Waals surface area contributed by atoms with E-state index >= 15 is 0 Å². The van der Waals surface area contributed by atoms with Crippen molar-refractivity contribution in [2.24, 2.45) is 0 Å². The third kappa shape index (κ3) is 9.52. The summed E-state index contributed by atoms with van der Waals surface area (Å²) in [6, 6.07) is 29.1. The maximum Gasteiger partial charge on any atom is 0.244 e. The van der Waals surface area contributed by atoms with Crippen LogP contribution in [0.2, 0.25) is 10.0 Å². The van der Waals surface area contributed by atoms with Crippen LogP contribution in [0.1, 0.15) is 43.2 Å². The van der Waals surface area contributed by atoms with Crippen LogP contribution in [0.4, 0.5) is 5.69 Å². The van der Waals surface area contributed by atoms with Crippen LogP contribution in [0.25, 0.3) is 0 Å². The number of ether oxygens (including phenoxy) is 1. The van der Waals surface area contributed by atoms with Gasteiger partial charge >= 0.3 is 0 Å². The van der Waals surface area contributed by atoms with Crippen LogP contribution in [-0.4, -0.2) is 50.0 Å². The number of carbonyl (C=O) groups is 2. The SMILES string of the molecule is CS(=O)(=O)N(CC(=O)N(Cc1c(Cl)cccc1Cl)C(Cc1ccccc1)C(=O)NC1CCCCC1)c1ccc(Oc2ccccc2)cc1. The summed E-state index contributed by atoms with van der Waals surface area (Å²) in [5, 5.41) is 3.85. The zero-order valence-electron chi connectivity index (χ0n) is 26.7. The predicted octanol–water partition coefficient (Wildman–Crippen LogP) is 7.64. The molecule has 48 heavy (non-hydrogen) atoms. The number of rotatable bonds is 13. The lowest BCUT2D eigenvalue weighted by molar-refractivity contribution is -0.140. The van der Waals surface area contributed by atoms with E-state index < -0.39 is 28.5 Å². The quantitative estimate of drug-likeness (QED) is 0.154. The molecule has 1 N–H and O–H groups in total. The minimum absolute atomic E-state index is 0.00508. The molecule has 0 radical (unpaired) electrons. The maximum absolute atomic E-state index is 14.5. The number of nitrogens with one attached hydrogen (secondary N) is 1. The number of carbonyl (C=O) groups excluding carboxylic acids is 2. The van der Waals surface area contributed by atoms with Gasteiger partial charge in [-0.05, 0) is 66.9 Å². The van der Waals surface area contributed by atoms with E-state index in [9.17, 15) is 18.0 Å². The number of halogens is 2. The molecule has 0 saturated heterocycles. The molecule has 0 spiro atoms. The van der Waals surface area contributed by atoms with Crippen LogP contribution in [0.3, 0.4) is 0 Å². The van der Waals surface area contributed by atoms with Crippen LogP contribution in [-0.2, 0) is 32.6 Å². The Kier molecular flexibility index (Phi) is 12.0. The molecule has 5 rings (SSSR count). The Hall–Kier alpha value is -4.05. The largest absolute Gasteiger partial charge is 0.457 e. The van der Waals surface area contributed by atoms with Crippen LogP contribution in [0, 0.1) is 0 Å². The fraction of sp³-hybridized carbons (Fsp3) is 0.297. The molecule has 0 heterocycles. The van der Waals surface area contributed by atoms with Crippen molar-refractivity contribution < 1.29 is 22.7 Å². The minimum atomic E-state index is -3.94. The van der Waals surface area contributed by atoms with Gasteiger partial charge in [0.15, 0.2) is 0 Å². The fourth-order valence-electron chi connectivity index (χ4n) is 5.87. The maximum atomic E-state index is 14.5. The first-order valence-corrected chi connectivity index (χ1v) is 18.6. The molecule has 1 aliphatic carbocycles. The van der Waals surface area contributed by atoms with E-state index in [4.69, 9.17) is 27.9 Å². The number of benzene rings is 4. The Labute approximate surface area is 292 Å². The van der Waals surface area contributed by atoms with E-state index in [-0.39, 0.29) is 30.6 Å². The average Bonchev–Trinajstić information content (AvgIpc) is 3.07. The summed E-state index contributed by atoms with van der Waals surface area (Å²) in [7, 11) is -3.94. The Morgan fingerprint density at radius 2 is 1.40 bits per heavy atom. The first-order chi connectivity index (χ1) is 23.1. The van der Waals surface area contributed by atoms with Crippen molar-refractivity contribution in [3.63, 3.8) is 0 Å². The van der Waals surface area contributed by atoms with Gasteiger partial charge in [0.25, 0.3) is 0 Å². The molecule has 1 aliphatic rings. The highest BCUT2D eigenvalue weighted by Crippen LogP contribution is 2.29. The molecule has 2 amide bonds. The monoisotopic (exact) mass is 707 g/mol. The number of amides is 2. The molecule has 1 saturated carbocycles. The van der Waals surface area contributed by atoms with Crippen molar-refractivity contribution in [1.29, 1.82) is 0 Å². The normalized spacial score (nSPS) is 14.1. The molecule has 8 nitrogen and oxygen atoms in total. The molecule has 4 aromatic carbocycles. The zero-order valence-corrected chi connectivity index (χ0v) is 29.1. The van der Waals surface area contributed by atoms with Gasteiger partial charge in [-0.2, -0.15) is 0 Å². The van der Waals surface area contributed by atoms with Gasteiger partial charge in [-0.15, -0.1) is 0 Å². The third-order valence-corrected chi connectivity index (χ3v) is 10.2. The van der Waals surface area contributed by atoms with E-state index in [1.807, 2.05) is 60.7 Å². The summed E-state index contributed by atoms with van der Waals surface area (Å²) >= 11 is 13.2. The molecular weight excluding hydrogens is 669 g/mol. The second-order valence-corrected chi connectivity index (χ2v) is 14.7. The fourth-order valence-corrected chi connectivity index (χ4v) is 7.24. The van der Waals surface area contributed by atoms with Crippen LogP contribution < -0.4 is 14.4 Å². The van der Waals surface area contributed by atoms with Gasteiger partial charge < -0.3 is 15.0 Å². The molecule has 0 aliphatic heterocycles. The summed E-state index contributed by atoms with van der Waals surface area (Å²) in [6.07, 6.45) is 6.13. The Morgan fingerprint density at radius 1 is 0.812 bits per heavy atom. The highest BCUT2D eigenvalue weighted by Gasteiger charge is 2.34. The van der Waals surface area contributed by atoms with Crippen molar-refractivity contribution in [1.82, 2.24) is 10.2 Å². The van der Waals surface area contributed by atoms with Gasteiger partial charge in [0.05, 0.1) is 11.9 Å². The summed E-state index contributed by atoms with van der Waals surface area (Å²) < 4.78 is 33.3. The first-order valence-electron chi connectivity index (χ1n) is 16.0. The van der Waals surface area contributed by atoms with Crippen molar-refractivity contribution in [3.05, 3.63) is 124 Å². The molecular formula is C37H39Cl2N3O5S. The summed E-state index contributed by atoms with van der Waals surface area (Å²) in [5.74, 6) is 0.239. The summed E-state index contributed by atoms with van der Waals surface area (Å²) in [5.41, 5.74) is 1.58. The number of anilines is 1. The molecule has 0 bridgehead atoms. The topological polar surface area (TPSA) is 96.0 Å². The van der Waals surface area contributed by atoms with Gasteiger partial charge in [0.1, 0.15) is 24.1 Å². The van der Waals surface area contributed by atoms with Gasteiger partial charge in [-0.1, -0.05) is 97.1 Å². The van der Waals surface area contributed by atoms with Gasteiger partial charge in [0.2, 0.25) is 21.8 Å². The lowest BCUT2D eigenvalue weighted by atomic mass is 9.94. The lowest BCUT2D eigenvalue weighted by Crippen LogP contribution is -2.55. The standard InChI is InChI=1S/C37H39Cl2N3O5S/c1-48(45,46)42(29-20-22-31(23-21-29)47-30-16-9-4-10-17-30)26-36(43)41(25-32-33(38)18-11-19-34(32)39)35(24-27-12-5-2-6-13-27)37(44)40-28-14-7-3-8-15-28/h2,4-6,9-13,16-23,28,35H,3,7-8,14-15,24-26H2,1H3,(H,40,44). The number of hydrogen-bond acceptors (Lipinski definition) is 5. The van der Waals surface area contributed by atoms with Crippen molar-refractivity contribution >= 4 is 50.7 Å². The molecule has 252 valence electrons. The van der Waals surface area contributed by atoms with Gasteiger partial charge in [-0.25, -0.2) is 8.42 Å². The number of sulfonamides is 1. The van der Waals surface area contributed by atoms with Crippen LogP contribution >= 0.6 is 23.2 Å². The number of hydrogen-bond donors (Lipinski definition) is 1. The van der Waals surface area contributed by atoms with E-state index in [2.05, 4.69) is 5.32 Å². The van der Waals surface area contributed by atoms with Crippen LogP contribution in [0.5, 0.6) is 11.5 Å². The Morgan fingerprint density at radius 3 is 2.00 bits per heavy atom. The molecule has 1 atom stereocenters. The molecule has 4 aromatic rings. The molecule has 0 aromatic heterocycles. The number of para-hydroxylation sites is 1. The zero-order chi connectivity index (χ0) is 34.1. The van der Waals surface area contributed by atoms with Gasteiger partial charge in [0, 0.05) is 34.6 Å². The molecule has 1 fully saturated rings. The highest BCUT2D eigenvalue weighted by atomic mass is 35.5. The van der Waals surface area contributed by atoms with Crippen molar-refractivity contribution in [2.75, 3.05) is 17.1 Å². The second-order valence-electron chi connectivity index (χ2n) is 11.9. The minimum Gasteiger partial charge on any atom is -0.457 e. The van der Waals surface area contributed by atoms with E-state index in [1.54, 1.807) is 42.5 Å². The van der Waals surface area contributed by atoms with E-state index in [1.165, 1.54) is 4.90 Å². The van der Waals surface area contributed by atoms with Gasteiger partial charge in [-0.3, -0.25) is 13.9 Å². The van der Waals surface area contributed by atoms with Crippen LogP contribution in [0.15, 0.2) is 103 Å². The first kappa shape index (κ1) is 35.3. The summed E-state index contributed by atoms with van der Waals surface area (Å²) in [6.45, 7) is -0.657. The molecule has 1 unspecified atom stereocenters. The average molecular weight is 709 g/mol. The van der Waals surface area contributed by atoms with Crippen molar-refractivity contribution in [2.45, 2.75) is 57.2 Å². The Balaban J connectivity index is 1.49. The highest BCUT2D eigenvalue weighted by molar-refractivity contribution is 7.92.